The summed E-state index contributed by atoms with van der Waals surface area (Å²) in [7, 11) is 1.34. The fraction of sp³-hybridized carbons (Fsp3) is 0.0909. The van der Waals surface area contributed by atoms with Crippen LogP contribution in [-0.4, -0.2) is 25.5 Å². The molecule has 0 aliphatic rings. The first kappa shape index (κ1) is 18.2. The van der Waals surface area contributed by atoms with E-state index in [0.717, 1.165) is 22.5 Å². The lowest BCUT2D eigenvalue weighted by Gasteiger charge is -2.12. The average Bonchev–Trinajstić information content (AvgIpc) is 2.73. The highest BCUT2D eigenvalue weighted by Crippen LogP contribution is 2.27. The first-order chi connectivity index (χ1) is 13.2. The Bertz CT molecular complexity index is 922. The first-order valence-corrected chi connectivity index (χ1v) is 8.54. The Balaban J connectivity index is 1.63. The Kier molecular flexibility index (Phi) is 5.84. The van der Waals surface area contributed by atoms with E-state index in [2.05, 4.69) is 15.4 Å². The Morgan fingerprint density at radius 3 is 2.22 bits per heavy atom. The van der Waals surface area contributed by atoms with Gasteiger partial charge in [0.25, 0.3) is 0 Å². The quantitative estimate of drug-likeness (QED) is 0.647. The summed E-state index contributed by atoms with van der Waals surface area (Å²) in [6.45, 7) is 0.112. The molecule has 0 saturated carbocycles. The van der Waals surface area contributed by atoms with Crippen molar-refractivity contribution in [1.82, 2.24) is 0 Å². The van der Waals surface area contributed by atoms with Crippen LogP contribution in [0.4, 0.5) is 11.4 Å². The van der Waals surface area contributed by atoms with Crippen LogP contribution < -0.4 is 10.6 Å². The van der Waals surface area contributed by atoms with Crippen LogP contribution in [0.2, 0.25) is 0 Å². The number of carbonyl (C=O) groups is 2. The first-order valence-electron chi connectivity index (χ1n) is 8.54. The minimum absolute atomic E-state index is 0.112. The fourth-order valence-electron chi connectivity index (χ4n) is 2.68. The van der Waals surface area contributed by atoms with E-state index in [0.29, 0.717) is 5.56 Å². The number of nitrogens with one attached hydrogen (secondary N) is 2. The molecular weight excluding hydrogens is 340 g/mol. The maximum Gasteiger partial charge on any atom is 0.337 e. The van der Waals surface area contributed by atoms with Gasteiger partial charge in [0.15, 0.2) is 0 Å². The zero-order valence-electron chi connectivity index (χ0n) is 14.9. The van der Waals surface area contributed by atoms with Crippen molar-refractivity contribution in [3.8, 4) is 11.1 Å². The minimum Gasteiger partial charge on any atom is -0.465 e. The summed E-state index contributed by atoms with van der Waals surface area (Å²) in [6.07, 6.45) is 0. The van der Waals surface area contributed by atoms with Gasteiger partial charge in [-0.3, -0.25) is 4.79 Å². The number of rotatable bonds is 6. The fourth-order valence-corrected chi connectivity index (χ4v) is 2.68. The molecule has 27 heavy (non-hydrogen) atoms. The largest absolute Gasteiger partial charge is 0.465 e. The highest BCUT2D eigenvalue weighted by atomic mass is 16.5. The van der Waals surface area contributed by atoms with Crippen LogP contribution in [0.3, 0.4) is 0 Å². The molecule has 0 radical (unpaired) electrons. The lowest BCUT2D eigenvalue weighted by Crippen LogP contribution is -2.22. The smallest absolute Gasteiger partial charge is 0.337 e. The van der Waals surface area contributed by atoms with Crippen LogP contribution in [0.25, 0.3) is 11.1 Å². The van der Waals surface area contributed by atoms with Gasteiger partial charge in [-0.25, -0.2) is 4.79 Å². The Hall–Kier alpha value is -3.60. The van der Waals surface area contributed by atoms with E-state index in [4.69, 9.17) is 0 Å². The van der Waals surface area contributed by atoms with Crippen molar-refractivity contribution in [2.24, 2.45) is 0 Å². The summed E-state index contributed by atoms with van der Waals surface area (Å²) in [5.41, 5.74) is 3.98. The average molecular weight is 360 g/mol. The monoisotopic (exact) mass is 360 g/mol. The second-order valence-electron chi connectivity index (χ2n) is 5.88. The summed E-state index contributed by atoms with van der Waals surface area (Å²) >= 11 is 0. The molecule has 3 aromatic rings. The van der Waals surface area contributed by atoms with E-state index in [-0.39, 0.29) is 12.5 Å². The molecule has 0 fully saturated rings. The van der Waals surface area contributed by atoms with Gasteiger partial charge in [-0.2, -0.15) is 0 Å². The van der Waals surface area contributed by atoms with Gasteiger partial charge in [-0.15, -0.1) is 0 Å². The van der Waals surface area contributed by atoms with E-state index >= 15 is 0 Å². The van der Waals surface area contributed by atoms with Crippen LogP contribution in [-0.2, 0) is 9.53 Å². The maximum absolute atomic E-state index is 12.3. The molecule has 136 valence electrons. The Labute approximate surface area is 158 Å². The number of amides is 1. The number of esters is 1. The van der Waals surface area contributed by atoms with Crippen LogP contribution in [0.1, 0.15) is 10.4 Å². The number of hydrogen-bond acceptors (Lipinski definition) is 4. The number of methoxy groups -OCH3 is 1. The lowest BCUT2D eigenvalue weighted by atomic mass is 10.0. The van der Waals surface area contributed by atoms with E-state index in [1.54, 1.807) is 24.3 Å². The maximum atomic E-state index is 12.3. The standard InChI is InChI=1S/C22H20N2O3/c1-27-22(26)17-11-13-18(14-12-17)23-15-21(25)24-20-10-6-5-9-19(20)16-7-3-2-4-8-16/h2-14,23H,15H2,1H3,(H,24,25). The SMILES string of the molecule is COC(=O)c1ccc(NCC(=O)Nc2ccccc2-c2ccccc2)cc1. The van der Waals surface area contributed by atoms with E-state index < -0.39 is 5.97 Å². The third kappa shape index (κ3) is 4.73. The number of para-hydroxylation sites is 1. The van der Waals surface area contributed by atoms with Gasteiger partial charge >= 0.3 is 5.97 Å². The molecule has 0 aromatic heterocycles. The van der Waals surface area contributed by atoms with Gasteiger partial charge in [-0.05, 0) is 35.9 Å². The molecule has 0 unspecified atom stereocenters. The molecule has 5 heteroatoms. The van der Waals surface area contributed by atoms with Crippen molar-refractivity contribution < 1.29 is 14.3 Å². The van der Waals surface area contributed by atoms with Gasteiger partial charge in [0.1, 0.15) is 0 Å². The summed E-state index contributed by atoms with van der Waals surface area (Å²) < 4.78 is 4.66. The highest BCUT2D eigenvalue weighted by Gasteiger charge is 2.09. The summed E-state index contributed by atoms with van der Waals surface area (Å²) in [6, 6.07) is 24.4. The topological polar surface area (TPSA) is 67.4 Å². The molecule has 0 heterocycles. The van der Waals surface area contributed by atoms with Crippen molar-refractivity contribution >= 4 is 23.3 Å². The number of ether oxygens (including phenoxy) is 1. The van der Waals surface area contributed by atoms with Crippen molar-refractivity contribution in [2.75, 3.05) is 24.3 Å². The van der Waals surface area contributed by atoms with Crippen molar-refractivity contribution in [3.63, 3.8) is 0 Å². The second kappa shape index (κ2) is 8.67. The summed E-state index contributed by atoms with van der Waals surface area (Å²) in [4.78, 5) is 23.8. The van der Waals surface area contributed by atoms with E-state index in [1.807, 2.05) is 54.6 Å². The molecule has 3 aromatic carbocycles. The number of hydrogen-bond donors (Lipinski definition) is 2. The van der Waals surface area contributed by atoms with E-state index in [1.165, 1.54) is 7.11 Å². The number of carbonyl (C=O) groups excluding carboxylic acids is 2. The van der Waals surface area contributed by atoms with Crippen LogP contribution in [0.15, 0.2) is 78.9 Å². The zero-order chi connectivity index (χ0) is 19.1. The molecule has 0 aliphatic carbocycles. The third-order valence-corrected chi connectivity index (χ3v) is 4.05. The molecular formula is C22H20N2O3. The molecule has 3 rings (SSSR count). The van der Waals surface area contributed by atoms with Gasteiger partial charge in [0.2, 0.25) is 5.91 Å². The van der Waals surface area contributed by atoms with Crippen LogP contribution in [0.5, 0.6) is 0 Å². The molecule has 0 atom stereocenters. The zero-order valence-corrected chi connectivity index (χ0v) is 14.9. The molecule has 0 spiro atoms. The molecule has 5 nitrogen and oxygen atoms in total. The highest BCUT2D eigenvalue weighted by molar-refractivity contribution is 5.97. The van der Waals surface area contributed by atoms with Crippen molar-refractivity contribution in [1.29, 1.82) is 0 Å². The molecule has 1 amide bonds. The Morgan fingerprint density at radius 2 is 1.52 bits per heavy atom. The van der Waals surface area contributed by atoms with Gasteiger partial charge < -0.3 is 15.4 Å². The molecule has 0 saturated heterocycles. The van der Waals surface area contributed by atoms with Gasteiger partial charge in [0, 0.05) is 16.9 Å². The predicted octanol–water partition coefficient (Wildman–Crippen LogP) is 4.19. The second-order valence-corrected chi connectivity index (χ2v) is 5.88. The third-order valence-electron chi connectivity index (χ3n) is 4.05. The molecule has 2 N–H and O–H groups in total. The predicted molar refractivity (Wildman–Crippen MR) is 107 cm³/mol. The number of benzene rings is 3. The van der Waals surface area contributed by atoms with Crippen molar-refractivity contribution in [2.45, 2.75) is 0 Å². The summed E-state index contributed by atoms with van der Waals surface area (Å²) in [5, 5.41) is 5.99. The van der Waals surface area contributed by atoms with E-state index in [9.17, 15) is 9.59 Å². The Morgan fingerprint density at radius 1 is 0.852 bits per heavy atom. The van der Waals surface area contributed by atoms with Crippen LogP contribution >= 0.6 is 0 Å². The van der Waals surface area contributed by atoms with Crippen LogP contribution in [0, 0.1) is 0 Å². The molecule has 0 bridgehead atoms. The lowest BCUT2D eigenvalue weighted by molar-refractivity contribution is -0.114. The molecule has 0 aliphatic heterocycles. The van der Waals surface area contributed by atoms with Gasteiger partial charge in [0.05, 0.1) is 19.2 Å². The number of anilines is 2. The van der Waals surface area contributed by atoms with Crippen molar-refractivity contribution in [3.05, 3.63) is 84.4 Å². The normalized spacial score (nSPS) is 10.1. The minimum atomic E-state index is -0.392. The van der Waals surface area contributed by atoms with Gasteiger partial charge in [-0.1, -0.05) is 48.5 Å². The summed E-state index contributed by atoms with van der Waals surface area (Å²) in [5.74, 6) is -0.549.